The molecule has 2 aromatic heterocycles. The van der Waals surface area contributed by atoms with Crippen LogP contribution in [0.25, 0.3) is 10.9 Å². The molecule has 0 aliphatic carbocycles. The monoisotopic (exact) mass is 241 g/mol. The summed E-state index contributed by atoms with van der Waals surface area (Å²) < 4.78 is 0. The molecule has 1 aromatic carbocycles. The van der Waals surface area contributed by atoms with Gasteiger partial charge in [0.15, 0.2) is 5.13 Å². The van der Waals surface area contributed by atoms with Crippen LogP contribution in [-0.2, 0) is 6.54 Å². The van der Waals surface area contributed by atoms with E-state index in [2.05, 4.69) is 21.4 Å². The molecule has 0 aliphatic rings. The molecule has 0 unspecified atom stereocenters. The van der Waals surface area contributed by atoms with Crippen molar-refractivity contribution in [1.82, 2.24) is 9.97 Å². The SMILES string of the molecule is c1ccc2c(CNc3nccs3)ccnc2c1. The Morgan fingerprint density at radius 3 is 2.88 bits per heavy atom. The third-order valence-corrected chi connectivity index (χ3v) is 3.33. The highest BCUT2D eigenvalue weighted by molar-refractivity contribution is 7.13. The molecule has 0 aliphatic heterocycles. The van der Waals surface area contributed by atoms with Crippen LogP contribution in [0.3, 0.4) is 0 Å². The standard InChI is InChI=1S/C13H11N3S/c1-2-4-12-11(3-1)10(5-6-14-12)9-16-13-15-7-8-17-13/h1-8H,9H2,(H,15,16). The molecule has 4 heteroatoms. The fourth-order valence-electron chi connectivity index (χ4n) is 1.79. The van der Waals surface area contributed by atoms with Gasteiger partial charge >= 0.3 is 0 Å². The lowest BCUT2D eigenvalue weighted by molar-refractivity contribution is 1.14. The Balaban J connectivity index is 1.90. The molecule has 3 aromatic rings. The van der Waals surface area contributed by atoms with Crippen LogP contribution in [0.2, 0.25) is 0 Å². The van der Waals surface area contributed by atoms with Gasteiger partial charge in [-0.05, 0) is 17.7 Å². The van der Waals surface area contributed by atoms with Crippen molar-refractivity contribution < 1.29 is 0 Å². The third-order valence-electron chi connectivity index (χ3n) is 2.60. The van der Waals surface area contributed by atoms with Gasteiger partial charge in [0.25, 0.3) is 0 Å². The van der Waals surface area contributed by atoms with Crippen LogP contribution < -0.4 is 5.32 Å². The molecular formula is C13H11N3S. The third kappa shape index (κ3) is 2.12. The maximum Gasteiger partial charge on any atom is 0.182 e. The molecule has 0 saturated heterocycles. The smallest absolute Gasteiger partial charge is 0.182 e. The molecule has 0 atom stereocenters. The van der Waals surface area contributed by atoms with Gasteiger partial charge in [0.05, 0.1) is 5.52 Å². The Hall–Kier alpha value is -1.94. The molecule has 0 fully saturated rings. The van der Waals surface area contributed by atoms with Gasteiger partial charge in [-0.15, -0.1) is 11.3 Å². The average Bonchev–Trinajstić information content (AvgIpc) is 2.89. The summed E-state index contributed by atoms with van der Waals surface area (Å²) in [5.41, 5.74) is 2.27. The maximum atomic E-state index is 4.35. The number of thiazole rings is 1. The van der Waals surface area contributed by atoms with Crippen molar-refractivity contribution in [2.75, 3.05) is 5.32 Å². The zero-order chi connectivity index (χ0) is 11.5. The first kappa shape index (κ1) is 10.2. The molecule has 17 heavy (non-hydrogen) atoms. The Kier molecular flexibility index (Phi) is 2.71. The van der Waals surface area contributed by atoms with Gasteiger partial charge in [-0.3, -0.25) is 4.98 Å². The molecular weight excluding hydrogens is 230 g/mol. The van der Waals surface area contributed by atoms with Crippen LogP contribution in [0.5, 0.6) is 0 Å². The van der Waals surface area contributed by atoms with Crippen LogP contribution >= 0.6 is 11.3 Å². The predicted molar refractivity (Wildman–Crippen MR) is 71.2 cm³/mol. The number of nitrogens with one attached hydrogen (secondary N) is 1. The molecule has 0 saturated carbocycles. The Bertz CT molecular complexity index is 614. The Morgan fingerprint density at radius 1 is 1.06 bits per heavy atom. The number of fused-ring (bicyclic) bond motifs is 1. The highest BCUT2D eigenvalue weighted by Crippen LogP contribution is 2.18. The van der Waals surface area contributed by atoms with Crippen LogP contribution in [0, 0.1) is 0 Å². The van der Waals surface area contributed by atoms with Gasteiger partial charge in [-0.1, -0.05) is 18.2 Å². The first-order valence-electron chi connectivity index (χ1n) is 5.39. The lowest BCUT2D eigenvalue weighted by atomic mass is 10.1. The summed E-state index contributed by atoms with van der Waals surface area (Å²) in [7, 11) is 0. The Morgan fingerprint density at radius 2 is 2.00 bits per heavy atom. The second-order valence-corrected chi connectivity index (χ2v) is 4.57. The van der Waals surface area contributed by atoms with Crippen molar-refractivity contribution >= 4 is 27.4 Å². The minimum atomic E-state index is 0.774. The van der Waals surface area contributed by atoms with Gasteiger partial charge in [-0.25, -0.2) is 4.98 Å². The fraction of sp³-hybridized carbons (Fsp3) is 0.0769. The minimum absolute atomic E-state index is 0.774. The second-order valence-electron chi connectivity index (χ2n) is 3.68. The number of para-hydroxylation sites is 1. The zero-order valence-electron chi connectivity index (χ0n) is 9.13. The molecule has 3 rings (SSSR count). The highest BCUT2D eigenvalue weighted by atomic mass is 32.1. The minimum Gasteiger partial charge on any atom is -0.357 e. The summed E-state index contributed by atoms with van der Waals surface area (Å²) in [4.78, 5) is 8.55. The van der Waals surface area contributed by atoms with Crippen molar-refractivity contribution in [2.45, 2.75) is 6.54 Å². The van der Waals surface area contributed by atoms with E-state index in [1.807, 2.05) is 35.8 Å². The topological polar surface area (TPSA) is 37.8 Å². The maximum absolute atomic E-state index is 4.35. The highest BCUT2D eigenvalue weighted by Gasteiger charge is 2.01. The molecule has 84 valence electrons. The van der Waals surface area contributed by atoms with E-state index in [9.17, 15) is 0 Å². The number of hydrogen-bond donors (Lipinski definition) is 1. The molecule has 1 N–H and O–H groups in total. The number of pyridine rings is 1. The summed E-state index contributed by atoms with van der Waals surface area (Å²) in [5.74, 6) is 0. The van der Waals surface area contributed by atoms with Gasteiger partial charge in [0, 0.05) is 29.7 Å². The normalized spacial score (nSPS) is 10.6. The van der Waals surface area contributed by atoms with E-state index in [-0.39, 0.29) is 0 Å². The van der Waals surface area contributed by atoms with Crippen molar-refractivity contribution in [3.05, 3.63) is 53.7 Å². The van der Waals surface area contributed by atoms with Crippen molar-refractivity contribution in [2.24, 2.45) is 0 Å². The van der Waals surface area contributed by atoms with Crippen LogP contribution in [0.15, 0.2) is 48.1 Å². The molecule has 3 nitrogen and oxygen atoms in total. The molecule has 0 spiro atoms. The molecule has 0 amide bonds. The van der Waals surface area contributed by atoms with Gasteiger partial charge < -0.3 is 5.32 Å². The first-order chi connectivity index (χ1) is 8.43. The quantitative estimate of drug-likeness (QED) is 0.764. The van der Waals surface area contributed by atoms with E-state index in [1.54, 1.807) is 17.5 Å². The largest absolute Gasteiger partial charge is 0.357 e. The Labute approximate surface area is 103 Å². The lowest BCUT2D eigenvalue weighted by Crippen LogP contribution is -1.99. The van der Waals surface area contributed by atoms with Gasteiger partial charge in [-0.2, -0.15) is 0 Å². The number of hydrogen-bond acceptors (Lipinski definition) is 4. The summed E-state index contributed by atoms with van der Waals surface area (Å²) in [6, 6.07) is 10.2. The first-order valence-corrected chi connectivity index (χ1v) is 6.27. The van der Waals surface area contributed by atoms with Gasteiger partial charge in [0.2, 0.25) is 0 Å². The van der Waals surface area contributed by atoms with E-state index in [0.29, 0.717) is 0 Å². The van der Waals surface area contributed by atoms with Crippen LogP contribution in [0.4, 0.5) is 5.13 Å². The molecule has 2 heterocycles. The average molecular weight is 241 g/mol. The molecule has 0 radical (unpaired) electrons. The number of nitrogens with zero attached hydrogens (tertiary/aromatic N) is 2. The van der Waals surface area contributed by atoms with Crippen molar-refractivity contribution in [1.29, 1.82) is 0 Å². The fourth-order valence-corrected chi connectivity index (χ4v) is 2.32. The lowest BCUT2D eigenvalue weighted by Gasteiger charge is -2.06. The summed E-state index contributed by atoms with van der Waals surface area (Å²) in [5, 5.41) is 7.42. The van der Waals surface area contributed by atoms with E-state index in [0.717, 1.165) is 17.2 Å². The predicted octanol–water partition coefficient (Wildman–Crippen LogP) is 3.30. The number of anilines is 1. The van der Waals surface area contributed by atoms with Gasteiger partial charge in [0.1, 0.15) is 0 Å². The van der Waals surface area contributed by atoms with E-state index >= 15 is 0 Å². The van der Waals surface area contributed by atoms with E-state index in [1.165, 1.54) is 10.9 Å². The number of benzene rings is 1. The molecule has 0 bridgehead atoms. The van der Waals surface area contributed by atoms with E-state index in [4.69, 9.17) is 0 Å². The van der Waals surface area contributed by atoms with E-state index < -0.39 is 0 Å². The van der Waals surface area contributed by atoms with Crippen molar-refractivity contribution in [3.63, 3.8) is 0 Å². The van der Waals surface area contributed by atoms with Crippen LogP contribution in [0.1, 0.15) is 5.56 Å². The second kappa shape index (κ2) is 4.51. The summed E-state index contributed by atoms with van der Waals surface area (Å²) >= 11 is 1.61. The number of aromatic nitrogens is 2. The summed E-state index contributed by atoms with van der Waals surface area (Å²) in [6.07, 6.45) is 3.65. The summed E-state index contributed by atoms with van der Waals surface area (Å²) in [6.45, 7) is 0.774. The van der Waals surface area contributed by atoms with Crippen LogP contribution in [-0.4, -0.2) is 9.97 Å². The zero-order valence-corrected chi connectivity index (χ0v) is 9.95. The number of rotatable bonds is 3. The van der Waals surface area contributed by atoms with Crippen molar-refractivity contribution in [3.8, 4) is 0 Å².